The summed E-state index contributed by atoms with van der Waals surface area (Å²) in [4.78, 5) is 13.3. The normalized spacial score (nSPS) is 13.1. The summed E-state index contributed by atoms with van der Waals surface area (Å²) in [7, 11) is 1.77. The lowest BCUT2D eigenvalue weighted by molar-refractivity contribution is -0.117. The third kappa shape index (κ3) is 2.14. The lowest BCUT2D eigenvalue weighted by Crippen LogP contribution is -2.26. The Morgan fingerprint density at radius 1 is 1.56 bits per heavy atom. The van der Waals surface area contributed by atoms with Crippen LogP contribution in [0.1, 0.15) is 12.0 Å². The Balaban J connectivity index is 2.18. The van der Waals surface area contributed by atoms with Gasteiger partial charge in [-0.1, -0.05) is 0 Å². The summed E-state index contributed by atoms with van der Waals surface area (Å²) in [5.41, 5.74) is 2.07. The smallest absolute Gasteiger partial charge is 0.227 e. The number of ether oxygens (including phenoxy) is 1. The van der Waals surface area contributed by atoms with Gasteiger partial charge >= 0.3 is 0 Å². The van der Waals surface area contributed by atoms with Crippen LogP contribution in [0.15, 0.2) is 18.2 Å². The molecule has 0 saturated carbocycles. The molecule has 0 bridgehead atoms. The molecule has 0 radical (unpaired) electrons. The first-order valence-corrected chi connectivity index (χ1v) is 5.84. The summed E-state index contributed by atoms with van der Waals surface area (Å²) in [6.45, 7) is 0.734. The van der Waals surface area contributed by atoms with Crippen LogP contribution >= 0.6 is 11.6 Å². The van der Waals surface area contributed by atoms with E-state index < -0.39 is 0 Å². The molecule has 3 nitrogen and oxygen atoms in total. The van der Waals surface area contributed by atoms with E-state index in [9.17, 15) is 4.79 Å². The number of hydrogen-bond donors (Lipinski definition) is 0. The van der Waals surface area contributed by atoms with Gasteiger partial charge < -0.3 is 9.64 Å². The van der Waals surface area contributed by atoms with Crippen molar-refractivity contribution in [3.63, 3.8) is 0 Å². The van der Waals surface area contributed by atoms with E-state index in [2.05, 4.69) is 0 Å². The Hall–Kier alpha value is -1.22. The second kappa shape index (κ2) is 4.74. The third-order valence-electron chi connectivity index (χ3n) is 2.74. The second-order valence-corrected chi connectivity index (χ2v) is 4.16. The molecule has 1 aromatic rings. The highest BCUT2D eigenvalue weighted by Gasteiger charge is 2.15. The molecule has 86 valence electrons. The van der Waals surface area contributed by atoms with Crippen LogP contribution in [0.2, 0.25) is 0 Å². The topological polar surface area (TPSA) is 29.5 Å². The van der Waals surface area contributed by atoms with Gasteiger partial charge in [-0.05, 0) is 23.8 Å². The van der Waals surface area contributed by atoms with Gasteiger partial charge in [-0.15, -0.1) is 11.6 Å². The van der Waals surface area contributed by atoms with Crippen molar-refractivity contribution >= 4 is 23.2 Å². The SMILES string of the molecule is CN(C(=O)CCCl)c1ccc2c(c1)CCO2. The second-order valence-electron chi connectivity index (χ2n) is 3.78. The Morgan fingerprint density at radius 3 is 3.12 bits per heavy atom. The fraction of sp³-hybridized carbons (Fsp3) is 0.417. The first kappa shape index (κ1) is 11.3. The molecule has 0 fully saturated rings. The molecule has 0 N–H and O–H groups in total. The lowest BCUT2D eigenvalue weighted by Gasteiger charge is -2.17. The molecule has 0 spiro atoms. The van der Waals surface area contributed by atoms with E-state index in [1.807, 2.05) is 18.2 Å². The standard InChI is InChI=1S/C12H14ClNO2/c1-14(12(15)4-6-13)10-2-3-11-9(8-10)5-7-16-11/h2-3,8H,4-7H2,1H3. The maximum Gasteiger partial charge on any atom is 0.227 e. The first-order chi connectivity index (χ1) is 7.72. The van der Waals surface area contributed by atoms with Crippen molar-refractivity contribution in [2.45, 2.75) is 12.8 Å². The molecule has 1 aromatic carbocycles. The number of amides is 1. The Kier molecular flexibility index (Phi) is 3.34. The Labute approximate surface area is 100.0 Å². The number of fused-ring (bicyclic) bond motifs is 1. The van der Waals surface area contributed by atoms with Crippen LogP contribution in [-0.2, 0) is 11.2 Å². The van der Waals surface area contributed by atoms with E-state index in [0.29, 0.717) is 12.3 Å². The van der Waals surface area contributed by atoms with Gasteiger partial charge in [0.05, 0.1) is 6.61 Å². The van der Waals surface area contributed by atoms with Gasteiger partial charge in [-0.3, -0.25) is 4.79 Å². The van der Waals surface area contributed by atoms with E-state index >= 15 is 0 Å². The van der Waals surface area contributed by atoms with Crippen molar-refractivity contribution in [1.29, 1.82) is 0 Å². The van der Waals surface area contributed by atoms with Gasteiger partial charge in [0.15, 0.2) is 0 Å². The largest absolute Gasteiger partial charge is 0.493 e. The predicted molar refractivity (Wildman–Crippen MR) is 64.4 cm³/mol. The molecular weight excluding hydrogens is 226 g/mol. The van der Waals surface area contributed by atoms with Crippen molar-refractivity contribution in [3.8, 4) is 5.75 Å². The minimum atomic E-state index is 0.0360. The average molecular weight is 240 g/mol. The molecule has 0 aliphatic carbocycles. The van der Waals surface area contributed by atoms with Crippen molar-refractivity contribution in [2.75, 3.05) is 24.4 Å². The number of rotatable bonds is 3. The fourth-order valence-electron chi connectivity index (χ4n) is 1.77. The number of benzene rings is 1. The first-order valence-electron chi connectivity index (χ1n) is 5.30. The maximum atomic E-state index is 11.7. The van der Waals surface area contributed by atoms with E-state index in [0.717, 1.165) is 24.5 Å². The molecule has 2 rings (SSSR count). The summed E-state index contributed by atoms with van der Waals surface area (Å²) in [5, 5.41) is 0. The molecule has 0 unspecified atom stereocenters. The minimum Gasteiger partial charge on any atom is -0.493 e. The van der Waals surface area contributed by atoms with Gasteiger partial charge in [-0.25, -0.2) is 0 Å². The highest BCUT2D eigenvalue weighted by Crippen LogP contribution is 2.29. The van der Waals surface area contributed by atoms with Crippen molar-refractivity contribution in [1.82, 2.24) is 0 Å². The molecule has 1 aliphatic rings. The van der Waals surface area contributed by atoms with Crippen LogP contribution in [0.4, 0.5) is 5.69 Å². The summed E-state index contributed by atoms with van der Waals surface area (Å²) < 4.78 is 5.42. The number of carbonyl (C=O) groups is 1. The monoisotopic (exact) mass is 239 g/mol. The molecule has 1 aliphatic heterocycles. The Morgan fingerprint density at radius 2 is 2.38 bits per heavy atom. The van der Waals surface area contributed by atoms with Gasteiger partial charge in [0, 0.05) is 31.5 Å². The van der Waals surface area contributed by atoms with Crippen LogP contribution in [0.25, 0.3) is 0 Å². The number of anilines is 1. The van der Waals surface area contributed by atoms with Crippen molar-refractivity contribution in [3.05, 3.63) is 23.8 Å². The quantitative estimate of drug-likeness (QED) is 0.757. The number of hydrogen-bond acceptors (Lipinski definition) is 2. The van der Waals surface area contributed by atoms with Gasteiger partial charge in [0.1, 0.15) is 5.75 Å². The number of halogens is 1. The van der Waals surface area contributed by atoms with Crippen LogP contribution < -0.4 is 9.64 Å². The molecule has 4 heteroatoms. The van der Waals surface area contributed by atoms with Crippen LogP contribution in [0, 0.1) is 0 Å². The van der Waals surface area contributed by atoms with E-state index in [1.165, 1.54) is 5.56 Å². The maximum absolute atomic E-state index is 11.7. The summed E-state index contributed by atoms with van der Waals surface area (Å²) in [5.74, 6) is 1.33. The van der Waals surface area contributed by atoms with Gasteiger partial charge in [0.25, 0.3) is 0 Å². The predicted octanol–water partition coefficient (Wildman–Crippen LogP) is 2.21. The summed E-state index contributed by atoms with van der Waals surface area (Å²) in [6, 6.07) is 5.83. The minimum absolute atomic E-state index is 0.0360. The van der Waals surface area contributed by atoms with E-state index in [4.69, 9.17) is 16.3 Å². The average Bonchev–Trinajstić information content (AvgIpc) is 2.75. The molecule has 16 heavy (non-hydrogen) atoms. The van der Waals surface area contributed by atoms with E-state index in [1.54, 1.807) is 11.9 Å². The Bertz CT molecular complexity index is 406. The number of nitrogens with zero attached hydrogens (tertiary/aromatic N) is 1. The molecule has 0 saturated heterocycles. The lowest BCUT2D eigenvalue weighted by atomic mass is 10.1. The van der Waals surface area contributed by atoms with Crippen LogP contribution in [0.5, 0.6) is 5.75 Å². The van der Waals surface area contributed by atoms with Gasteiger partial charge in [0.2, 0.25) is 5.91 Å². The van der Waals surface area contributed by atoms with Crippen LogP contribution in [0.3, 0.4) is 0 Å². The zero-order chi connectivity index (χ0) is 11.5. The molecule has 0 atom stereocenters. The van der Waals surface area contributed by atoms with Crippen LogP contribution in [-0.4, -0.2) is 25.4 Å². The molecule has 0 aromatic heterocycles. The van der Waals surface area contributed by atoms with Gasteiger partial charge in [-0.2, -0.15) is 0 Å². The third-order valence-corrected chi connectivity index (χ3v) is 2.93. The molecule has 1 heterocycles. The highest BCUT2D eigenvalue weighted by molar-refractivity contribution is 6.19. The molecular formula is C12H14ClNO2. The highest BCUT2D eigenvalue weighted by atomic mass is 35.5. The molecule has 1 amide bonds. The fourth-order valence-corrected chi connectivity index (χ4v) is 1.94. The van der Waals surface area contributed by atoms with E-state index in [-0.39, 0.29) is 5.91 Å². The zero-order valence-electron chi connectivity index (χ0n) is 9.20. The summed E-state index contributed by atoms with van der Waals surface area (Å²) in [6.07, 6.45) is 1.28. The number of alkyl halides is 1. The summed E-state index contributed by atoms with van der Waals surface area (Å²) >= 11 is 5.55. The number of carbonyl (C=O) groups excluding carboxylic acids is 1. The van der Waals surface area contributed by atoms with Crippen molar-refractivity contribution in [2.24, 2.45) is 0 Å². The zero-order valence-corrected chi connectivity index (χ0v) is 9.96. The van der Waals surface area contributed by atoms with Crippen molar-refractivity contribution < 1.29 is 9.53 Å².